The molecule has 2 rings (SSSR count). The Morgan fingerprint density at radius 1 is 1.44 bits per heavy atom. The zero-order chi connectivity index (χ0) is 11.7. The van der Waals surface area contributed by atoms with Gasteiger partial charge in [0.25, 0.3) is 0 Å². The van der Waals surface area contributed by atoms with Crippen LogP contribution < -0.4 is 0 Å². The summed E-state index contributed by atoms with van der Waals surface area (Å²) in [6.45, 7) is 0. The highest BCUT2D eigenvalue weighted by Gasteiger charge is 2.12. The van der Waals surface area contributed by atoms with Gasteiger partial charge in [0.1, 0.15) is 5.82 Å². The molecule has 1 aromatic heterocycles. The van der Waals surface area contributed by atoms with Crippen LogP contribution in [0.3, 0.4) is 0 Å². The van der Waals surface area contributed by atoms with Crippen LogP contribution in [0.5, 0.6) is 0 Å². The number of hydrogen-bond acceptors (Lipinski definition) is 2. The summed E-state index contributed by atoms with van der Waals surface area (Å²) >= 11 is 3.04. The Labute approximate surface area is 100 Å². The summed E-state index contributed by atoms with van der Waals surface area (Å²) in [7, 11) is 1.72. The predicted octanol–water partition coefficient (Wildman–Crippen LogP) is 2.55. The van der Waals surface area contributed by atoms with Gasteiger partial charge in [0.15, 0.2) is 5.78 Å². The molecule has 0 bridgehead atoms. The summed E-state index contributed by atoms with van der Waals surface area (Å²) in [6.07, 6.45) is 3.06. The molecule has 0 amide bonds. The number of benzene rings is 1. The van der Waals surface area contributed by atoms with Crippen molar-refractivity contribution in [3.05, 3.63) is 52.0 Å². The fourth-order valence-electron chi connectivity index (χ4n) is 1.34. The molecule has 0 spiro atoms. The third kappa shape index (κ3) is 2.04. The maximum atomic E-state index is 13.2. The van der Waals surface area contributed by atoms with Crippen LogP contribution in [-0.2, 0) is 7.05 Å². The number of aromatic nitrogens is 2. The molecule has 3 nitrogen and oxygen atoms in total. The number of rotatable bonds is 2. The maximum absolute atomic E-state index is 13.2. The first-order valence-corrected chi connectivity index (χ1v) is 5.35. The van der Waals surface area contributed by atoms with E-state index in [2.05, 4.69) is 21.0 Å². The minimum Gasteiger partial charge on any atom is -0.288 e. The van der Waals surface area contributed by atoms with Gasteiger partial charge in [-0.2, -0.15) is 5.10 Å². The number of hydrogen-bond donors (Lipinski definition) is 0. The molecule has 5 heteroatoms. The average Bonchev–Trinajstić information content (AvgIpc) is 2.68. The molecule has 1 heterocycles. The van der Waals surface area contributed by atoms with E-state index in [4.69, 9.17) is 0 Å². The van der Waals surface area contributed by atoms with Crippen molar-refractivity contribution in [3.63, 3.8) is 0 Å². The second-order valence-corrected chi connectivity index (χ2v) is 4.22. The van der Waals surface area contributed by atoms with E-state index in [0.717, 1.165) is 0 Å². The number of carbonyl (C=O) groups is 1. The molecule has 16 heavy (non-hydrogen) atoms. The second-order valence-electron chi connectivity index (χ2n) is 3.36. The lowest BCUT2D eigenvalue weighted by Crippen LogP contribution is -2.00. The van der Waals surface area contributed by atoms with Crippen molar-refractivity contribution in [2.24, 2.45) is 7.05 Å². The molecule has 0 aliphatic rings. The van der Waals surface area contributed by atoms with E-state index in [1.54, 1.807) is 19.3 Å². The summed E-state index contributed by atoms with van der Waals surface area (Å²) in [5, 5.41) is 3.90. The fraction of sp³-hybridized carbons (Fsp3) is 0.0909. The fourth-order valence-corrected chi connectivity index (χ4v) is 1.59. The number of aryl methyl sites for hydroxylation is 1. The summed E-state index contributed by atoms with van der Waals surface area (Å²) in [6, 6.07) is 4.29. The van der Waals surface area contributed by atoms with Gasteiger partial charge >= 0.3 is 0 Å². The highest BCUT2D eigenvalue weighted by atomic mass is 79.9. The third-order valence-corrected chi connectivity index (χ3v) is 2.79. The van der Waals surface area contributed by atoms with Gasteiger partial charge < -0.3 is 0 Å². The molecule has 0 N–H and O–H groups in total. The number of halogens is 2. The Morgan fingerprint density at radius 3 is 2.75 bits per heavy atom. The molecule has 0 aliphatic carbocycles. The van der Waals surface area contributed by atoms with Crippen LogP contribution in [0.25, 0.3) is 0 Å². The van der Waals surface area contributed by atoms with Crippen molar-refractivity contribution in [3.8, 4) is 0 Å². The van der Waals surface area contributed by atoms with Gasteiger partial charge in [-0.25, -0.2) is 4.39 Å². The van der Waals surface area contributed by atoms with E-state index >= 15 is 0 Å². The molecule has 0 saturated carbocycles. The standard InChI is InChI=1S/C11H8BrFN2O/c1-15-6-8(5-14-15)11(16)7-2-3-9(12)10(13)4-7/h2-6H,1H3. The van der Waals surface area contributed by atoms with Crippen LogP contribution in [-0.4, -0.2) is 15.6 Å². The average molecular weight is 283 g/mol. The van der Waals surface area contributed by atoms with E-state index in [-0.39, 0.29) is 5.78 Å². The van der Waals surface area contributed by atoms with Crippen LogP contribution in [0, 0.1) is 5.82 Å². The van der Waals surface area contributed by atoms with E-state index in [1.807, 2.05) is 0 Å². The Kier molecular flexibility index (Phi) is 2.87. The highest BCUT2D eigenvalue weighted by Crippen LogP contribution is 2.18. The van der Waals surface area contributed by atoms with E-state index in [9.17, 15) is 9.18 Å². The zero-order valence-electron chi connectivity index (χ0n) is 8.45. The Balaban J connectivity index is 2.38. The molecule has 2 aromatic rings. The number of nitrogens with zero attached hydrogens (tertiary/aromatic N) is 2. The van der Waals surface area contributed by atoms with Crippen molar-refractivity contribution in [2.45, 2.75) is 0 Å². The lowest BCUT2D eigenvalue weighted by molar-refractivity contribution is 0.103. The molecule has 0 saturated heterocycles. The summed E-state index contributed by atoms with van der Waals surface area (Å²) in [4.78, 5) is 11.9. The predicted molar refractivity (Wildman–Crippen MR) is 60.7 cm³/mol. The SMILES string of the molecule is Cn1cc(C(=O)c2ccc(Br)c(F)c2)cn1. The van der Waals surface area contributed by atoms with Gasteiger partial charge in [-0.3, -0.25) is 9.48 Å². The zero-order valence-corrected chi connectivity index (χ0v) is 10.0. The summed E-state index contributed by atoms with van der Waals surface area (Å²) in [5.41, 5.74) is 0.762. The van der Waals surface area contributed by atoms with Crippen LogP contribution in [0.15, 0.2) is 35.1 Å². The number of carbonyl (C=O) groups excluding carboxylic acids is 1. The topological polar surface area (TPSA) is 34.9 Å². The molecule has 82 valence electrons. The normalized spacial score (nSPS) is 10.4. The van der Waals surface area contributed by atoms with Crippen molar-refractivity contribution >= 4 is 21.7 Å². The van der Waals surface area contributed by atoms with Gasteiger partial charge in [0.05, 0.1) is 16.2 Å². The van der Waals surface area contributed by atoms with Gasteiger partial charge in [0, 0.05) is 18.8 Å². The van der Waals surface area contributed by atoms with Crippen molar-refractivity contribution in [1.29, 1.82) is 0 Å². The quantitative estimate of drug-likeness (QED) is 0.794. The molecule has 0 atom stereocenters. The van der Waals surface area contributed by atoms with Crippen molar-refractivity contribution < 1.29 is 9.18 Å². The van der Waals surface area contributed by atoms with Gasteiger partial charge in [-0.15, -0.1) is 0 Å². The highest BCUT2D eigenvalue weighted by molar-refractivity contribution is 9.10. The van der Waals surface area contributed by atoms with Crippen molar-refractivity contribution in [1.82, 2.24) is 9.78 Å². The monoisotopic (exact) mass is 282 g/mol. The van der Waals surface area contributed by atoms with E-state index in [1.165, 1.54) is 23.0 Å². The van der Waals surface area contributed by atoms with E-state index < -0.39 is 5.82 Å². The minimum absolute atomic E-state index is 0.237. The largest absolute Gasteiger partial charge is 0.288 e. The first-order chi connectivity index (χ1) is 7.58. The van der Waals surface area contributed by atoms with E-state index in [0.29, 0.717) is 15.6 Å². The Bertz CT molecular complexity index is 551. The maximum Gasteiger partial charge on any atom is 0.196 e. The molecule has 0 unspecified atom stereocenters. The first kappa shape index (κ1) is 11.0. The molecular formula is C11H8BrFN2O. The summed E-state index contributed by atoms with van der Waals surface area (Å²) in [5.74, 6) is -0.686. The van der Waals surface area contributed by atoms with Crippen LogP contribution >= 0.6 is 15.9 Å². The lowest BCUT2D eigenvalue weighted by Gasteiger charge is -1.99. The smallest absolute Gasteiger partial charge is 0.196 e. The molecule has 0 fully saturated rings. The molecule has 0 aliphatic heterocycles. The van der Waals surface area contributed by atoms with Crippen LogP contribution in [0.4, 0.5) is 4.39 Å². The Morgan fingerprint density at radius 2 is 2.19 bits per heavy atom. The van der Waals surface area contributed by atoms with Gasteiger partial charge in [0.2, 0.25) is 0 Å². The second kappa shape index (κ2) is 4.17. The molecule has 1 aromatic carbocycles. The first-order valence-electron chi connectivity index (χ1n) is 4.56. The Hall–Kier alpha value is -1.49. The molecule has 0 radical (unpaired) electrons. The molecular weight excluding hydrogens is 275 g/mol. The van der Waals surface area contributed by atoms with Crippen LogP contribution in [0.2, 0.25) is 0 Å². The lowest BCUT2D eigenvalue weighted by atomic mass is 10.1. The van der Waals surface area contributed by atoms with Gasteiger partial charge in [-0.1, -0.05) is 0 Å². The number of ketones is 1. The minimum atomic E-state index is -0.449. The van der Waals surface area contributed by atoms with Crippen LogP contribution in [0.1, 0.15) is 15.9 Å². The summed E-state index contributed by atoms with van der Waals surface area (Å²) < 4.78 is 15.1. The third-order valence-electron chi connectivity index (χ3n) is 2.15. The van der Waals surface area contributed by atoms with Gasteiger partial charge in [-0.05, 0) is 34.1 Å². The van der Waals surface area contributed by atoms with Crippen molar-refractivity contribution in [2.75, 3.05) is 0 Å².